The van der Waals surface area contributed by atoms with Gasteiger partial charge in [-0.1, -0.05) is 48.5 Å². The van der Waals surface area contributed by atoms with Gasteiger partial charge in [-0.3, -0.25) is 14.5 Å². The number of methoxy groups -OCH3 is 2. The van der Waals surface area contributed by atoms with Crippen LogP contribution in [-0.4, -0.2) is 42.3 Å². The second kappa shape index (κ2) is 9.73. The van der Waals surface area contributed by atoms with Crippen molar-refractivity contribution in [2.45, 2.75) is 19.5 Å². The lowest BCUT2D eigenvalue weighted by molar-refractivity contribution is -0.153. The van der Waals surface area contributed by atoms with Crippen LogP contribution in [0.5, 0.6) is 11.5 Å². The van der Waals surface area contributed by atoms with Crippen molar-refractivity contribution in [2.24, 2.45) is 5.92 Å². The van der Waals surface area contributed by atoms with E-state index in [1.165, 1.54) is 0 Å². The topological polar surface area (TPSA) is 82.9 Å². The molecule has 1 aromatic heterocycles. The van der Waals surface area contributed by atoms with Gasteiger partial charge in [-0.05, 0) is 42.3 Å². The molecule has 2 heterocycles. The molecule has 0 spiro atoms. The van der Waals surface area contributed by atoms with Crippen LogP contribution < -0.4 is 14.4 Å². The summed E-state index contributed by atoms with van der Waals surface area (Å²) in [6, 6.07) is 22.0. The second-order valence-electron chi connectivity index (χ2n) is 8.47. The fourth-order valence-electron chi connectivity index (χ4n) is 4.80. The number of para-hydroxylation sites is 2. The van der Waals surface area contributed by atoms with Gasteiger partial charge in [-0.25, -0.2) is 4.98 Å². The minimum atomic E-state index is -1.11. The van der Waals surface area contributed by atoms with E-state index in [1.54, 1.807) is 38.2 Å². The second-order valence-corrected chi connectivity index (χ2v) is 8.47. The largest absolute Gasteiger partial charge is 0.493 e. The maximum absolute atomic E-state index is 14.1. The summed E-state index contributed by atoms with van der Waals surface area (Å²) in [5.74, 6) is -0.522. The third kappa shape index (κ3) is 3.94. The summed E-state index contributed by atoms with van der Waals surface area (Å²) >= 11 is 0. The molecule has 0 N–H and O–H groups in total. The minimum absolute atomic E-state index is 0.164. The van der Waals surface area contributed by atoms with E-state index in [2.05, 4.69) is 0 Å². The molecule has 0 bridgehead atoms. The Morgan fingerprint density at radius 2 is 1.67 bits per heavy atom. The number of hydrogen-bond acceptors (Lipinski definition) is 6. The molecule has 1 aliphatic heterocycles. The van der Waals surface area contributed by atoms with Gasteiger partial charge in [0.1, 0.15) is 0 Å². The van der Waals surface area contributed by atoms with Crippen molar-refractivity contribution in [3.63, 3.8) is 0 Å². The molecule has 3 aromatic carbocycles. The van der Waals surface area contributed by atoms with Crippen molar-refractivity contribution in [3.8, 4) is 11.5 Å². The van der Waals surface area contributed by atoms with Gasteiger partial charge in [0.25, 0.3) is 0 Å². The summed E-state index contributed by atoms with van der Waals surface area (Å²) in [5, 5.41) is 0. The van der Waals surface area contributed by atoms with E-state index >= 15 is 0 Å². The molecule has 2 atom stereocenters. The minimum Gasteiger partial charge on any atom is -0.493 e. The summed E-state index contributed by atoms with van der Waals surface area (Å²) in [4.78, 5) is 33.8. The van der Waals surface area contributed by atoms with E-state index in [-0.39, 0.29) is 19.1 Å². The Balaban J connectivity index is 1.75. The van der Waals surface area contributed by atoms with Gasteiger partial charge >= 0.3 is 5.97 Å². The van der Waals surface area contributed by atoms with Gasteiger partial charge in [-0.2, -0.15) is 0 Å². The number of carbonyl (C=O) groups excluding carboxylic acids is 2. The molecule has 1 aliphatic rings. The Hall–Kier alpha value is -4.33. The molecule has 0 unspecified atom stereocenters. The highest BCUT2D eigenvalue weighted by atomic mass is 16.5. The first-order valence-electron chi connectivity index (χ1n) is 11.8. The highest BCUT2D eigenvalue weighted by Gasteiger charge is 2.48. The number of carbonyl (C=O) groups is 2. The van der Waals surface area contributed by atoms with E-state index in [4.69, 9.17) is 19.2 Å². The number of imidazole rings is 1. The molecule has 5 rings (SSSR count). The smallest absolute Gasteiger partial charge is 0.321 e. The van der Waals surface area contributed by atoms with Crippen molar-refractivity contribution in [1.29, 1.82) is 0 Å². The lowest BCUT2D eigenvalue weighted by Crippen LogP contribution is -2.49. The summed E-state index contributed by atoms with van der Waals surface area (Å²) in [5.41, 5.74) is 3.18. The Morgan fingerprint density at radius 3 is 2.39 bits per heavy atom. The molecule has 1 amide bonds. The highest BCUT2D eigenvalue weighted by molar-refractivity contribution is 6.08. The number of benzene rings is 3. The number of amides is 1. The van der Waals surface area contributed by atoms with Gasteiger partial charge in [0.15, 0.2) is 17.4 Å². The van der Waals surface area contributed by atoms with E-state index in [0.717, 1.165) is 16.6 Å². The third-order valence-corrected chi connectivity index (χ3v) is 6.42. The summed E-state index contributed by atoms with van der Waals surface area (Å²) in [6.07, 6.45) is 0. The molecular weight excluding hydrogens is 458 g/mol. The normalized spacial score (nSPS) is 17.1. The Morgan fingerprint density at radius 1 is 0.944 bits per heavy atom. The zero-order valence-corrected chi connectivity index (χ0v) is 20.4. The number of nitrogens with zero attached hydrogens (tertiary/aromatic N) is 3. The van der Waals surface area contributed by atoms with Crippen LogP contribution in [0.1, 0.15) is 24.1 Å². The molecule has 0 radical (unpaired) electrons. The van der Waals surface area contributed by atoms with E-state index in [0.29, 0.717) is 23.0 Å². The molecule has 8 heteroatoms. The van der Waals surface area contributed by atoms with Crippen molar-refractivity contribution in [3.05, 3.63) is 83.9 Å². The van der Waals surface area contributed by atoms with Crippen molar-refractivity contribution in [1.82, 2.24) is 9.55 Å². The van der Waals surface area contributed by atoms with Gasteiger partial charge in [0.05, 0.1) is 44.4 Å². The first-order valence-corrected chi connectivity index (χ1v) is 11.8. The number of aromatic nitrogens is 2. The first-order chi connectivity index (χ1) is 17.6. The molecule has 0 saturated carbocycles. The van der Waals surface area contributed by atoms with Crippen molar-refractivity contribution >= 4 is 28.9 Å². The summed E-state index contributed by atoms with van der Waals surface area (Å²) in [7, 11) is 3.11. The molecule has 8 nitrogen and oxygen atoms in total. The molecular formula is C28H27N3O5. The van der Waals surface area contributed by atoms with Gasteiger partial charge < -0.3 is 18.8 Å². The van der Waals surface area contributed by atoms with Crippen LogP contribution >= 0.6 is 0 Å². The number of fused-ring (bicyclic) bond motifs is 3. The SMILES string of the molecule is CCOC(=O)[C@@H]1C(=O)N(Cc2ccccc2)c2nc3ccccc3n2[C@@H]1c1ccc(OC)c(OC)c1. The quantitative estimate of drug-likeness (QED) is 0.286. The predicted octanol–water partition coefficient (Wildman–Crippen LogP) is 4.37. The molecule has 184 valence electrons. The monoisotopic (exact) mass is 485 g/mol. The number of ether oxygens (including phenoxy) is 3. The summed E-state index contributed by atoms with van der Waals surface area (Å²) < 4.78 is 18.3. The number of hydrogen-bond donors (Lipinski definition) is 0. The standard InChI is InChI=1S/C28H27N3O5/c1-4-36-27(33)24-25(19-14-15-22(34-2)23(16-19)35-3)31-21-13-9-8-12-20(21)29-28(31)30(26(24)32)17-18-10-6-5-7-11-18/h5-16,24-25H,4,17H2,1-3H3/t24-,25+/m0/s1. The Labute approximate surface area is 209 Å². The maximum atomic E-state index is 14.1. The lowest BCUT2D eigenvalue weighted by atomic mass is 9.89. The zero-order valence-electron chi connectivity index (χ0n) is 20.4. The average molecular weight is 486 g/mol. The predicted molar refractivity (Wildman–Crippen MR) is 135 cm³/mol. The van der Waals surface area contributed by atoms with Crippen LogP contribution in [-0.2, 0) is 20.9 Å². The Kier molecular flexibility index (Phi) is 6.33. The van der Waals surface area contributed by atoms with Crippen LogP contribution in [0.4, 0.5) is 5.95 Å². The third-order valence-electron chi connectivity index (χ3n) is 6.42. The van der Waals surface area contributed by atoms with Crippen LogP contribution in [0.2, 0.25) is 0 Å². The van der Waals surface area contributed by atoms with Crippen LogP contribution in [0, 0.1) is 5.92 Å². The lowest BCUT2D eigenvalue weighted by Gasteiger charge is -2.38. The van der Waals surface area contributed by atoms with Crippen molar-refractivity contribution < 1.29 is 23.8 Å². The maximum Gasteiger partial charge on any atom is 0.321 e. The average Bonchev–Trinajstić information content (AvgIpc) is 3.29. The van der Waals surface area contributed by atoms with E-state index in [9.17, 15) is 9.59 Å². The van der Waals surface area contributed by atoms with Crippen LogP contribution in [0.15, 0.2) is 72.8 Å². The Bertz CT molecular complexity index is 1420. The van der Waals surface area contributed by atoms with Crippen LogP contribution in [0.25, 0.3) is 11.0 Å². The van der Waals surface area contributed by atoms with E-state index in [1.807, 2.05) is 65.2 Å². The fraction of sp³-hybridized carbons (Fsp3) is 0.250. The fourth-order valence-corrected chi connectivity index (χ4v) is 4.80. The van der Waals surface area contributed by atoms with Gasteiger partial charge in [-0.15, -0.1) is 0 Å². The molecule has 4 aromatic rings. The number of esters is 1. The number of rotatable bonds is 7. The highest BCUT2D eigenvalue weighted by Crippen LogP contribution is 2.43. The number of anilines is 1. The zero-order chi connectivity index (χ0) is 25.2. The molecule has 0 fully saturated rings. The van der Waals surface area contributed by atoms with Gasteiger partial charge in [0, 0.05) is 0 Å². The summed E-state index contributed by atoms with van der Waals surface area (Å²) in [6.45, 7) is 2.17. The van der Waals surface area contributed by atoms with Gasteiger partial charge in [0.2, 0.25) is 11.9 Å². The molecule has 0 saturated heterocycles. The van der Waals surface area contributed by atoms with Crippen molar-refractivity contribution in [2.75, 3.05) is 25.7 Å². The molecule has 0 aliphatic carbocycles. The molecule has 36 heavy (non-hydrogen) atoms. The first kappa shape index (κ1) is 23.4. The van der Waals surface area contributed by atoms with Crippen LogP contribution in [0.3, 0.4) is 0 Å². The van der Waals surface area contributed by atoms with E-state index < -0.39 is 17.9 Å².